The first-order chi connectivity index (χ1) is 7.69. The summed E-state index contributed by atoms with van der Waals surface area (Å²) in [5.41, 5.74) is 0.921. The van der Waals surface area contributed by atoms with Crippen molar-refractivity contribution in [2.45, 2.75) is 32.6 Å². The Morgan fingerprint density at radius 3 is 2.81 bits per heavy atom. The Morgan fingerprint density at radius 1 is 1.44 bits per heavy atom. The molecule has 0 bridgehead atoms. The fourth-order valence-electron chi connectivity index (χ4n) is 1.25. The van der Waals surface area contributed by atoms with Crippen LogP contribution in [0.1, 0.15) is 25.8 Å². The summed E-state index contributed by atoms with van der Waals surface area (Å²) in [6.07, 6.45) is 2.42. The first-order valence-electron chi connectivity index (χ1n) is 5.51. The van der Waals surface area contributed by atoms with E-state index in [2.05, 4.69) is 22.2 Å². The average molecular weight is 244 g/mol. The van der Waals surface area contributed by atoms with Crippen molar-refractivity contribution in [1.29, 1.82) is 0 Å². The number of nitrogens with one attached hydrogen (secondary N) is 1. The Labute approximate surface area is 101 Å². The third-order valence-corrected chi connectivity index (χ3v) is 2.72. The fourth-order valence-corrected chi connectivity index (χ4v) is 1.32. The van der Waals surface area contributed by atoms with Crippen LogP contribution in [0.25, 0.3) is 0 Å². The zero-order valence-corrected chi connectivity index (χ0v) is 10.7. The second kappa shape index (κ2) is 6.53. The number of anilines is 1. The lowest BCUT2D eigenvalue weighted by atomic mass is 10.3. The summed E-state index contributed by atoms with van der Waals surface area (Å²) in [5, 5.41) is 3.32. The second-order valence-corrected chi connectivity index (χ2v) is 4.09. The highest BCUT2D eigenvalue weighted by molar-refractivity contribution is 6.20. The van der Waals surface area contributed by atoms with Crippen molar-refractivity contribution < 1.29 is 4.74 Å². The van der Waals surface area contributed by atoms with Gasteiger partial charge in [-0.25, -0.2) is 9.97 Å². The van der Waals surface area contributed by atoms with Crippen molar-refractivity contribution in [3.8, 4) is 5.88 Å². The number of aromatic nitrogens is 2. The maximum atomic E-state index is 6.03. The maximum Gasteiger partial charge on any atom is 0.221 e. The number of nitrogens with zero attached hydrogens (tertiary/aromatic N) is 2. The average Bonchev–Trinajstić information content (AvgIpc) is 2.30. The van der Waals surface area contributed by atoms with E-state index in [0.717, 1.165) is 17.8 Å². The fraction of sp³-hybridized carbons (Fsp3) is 0.636. The predicted octanol–water partition coefficient (Wildman–Crippen LogP) is 2.61. The van der Waals surface area contributed by atoms with Crippen LogP contribution in [0.2, 0.25) is 0 Å². The third kappa shape index (κ3) is 3.52. The highest BCUT2D eigenvalue weighted by Gasteiger charge is 2.08. The molecule has 0 saturated carbocycles. The summed E-state index contributed by atoms with van der Waals surface area (Å²) in [6.45, 7) is 7.21. The van der Waals surface area contributed by atoms with Crippen LogP contribution in [-0.2, 0) is 0 Å². The van der Waals surface area contributed by atoms with Crippen molar-refractivity contribution in [3.63, 3.8) is 0 Å². The Bertz CT molecular complexity index is 333. The lowest BCUT2D eigenvalue weighted by molar-refractivity contribution is 0.324. The van der Waals surface area contributed by atoms with Gasteiger partial charge in [-0.3, -0.25) is 0 Å². The molecule has 0 saturated heterocycles. The van der Waals surface area contributed by atoms with Gasteiger partial charge in [-0.1, -0.05) is 6.92 Å². The van der Waals surface area contributed by atoms with E-state index >= 15 is 0 Å². The van der Waals surface area contributed by atoms with Crippen LogP contribution in [0.3, 0.4) is 0 Å². The Balaban J connectivity index is 2.69. The monoisotopic (exact) mass is 243 g/mol. The molecule has 4 nitrogen and oxygen atoms in total. The van der Waals surface area contributed by atoms with E-state index in [1.54, 1.807) is 0 Å². The number of hydrogen-bond acceptors (Lipinski definition) is 4. The van der Waals surface area contributed by atoms with E-state index in [4.69, 9.17) is 16.3 Å². The third-order valence-electron chi connectivity index (χ3n) is 2.25. The van der Waals surface area contributed by atoms with E-state index < -0.39 is 0 Å². The van der Waals surface area contributed by atoms with Crippen molar-refractivity contribution in [1.82, 2.24) is 9.97 Å². The Morgan fingerprint density at radius 2 is 2.19 bits per heavy atom. The molecule has 1 rings (SSSR count). The van der Waals surface area contributed by atoms with Gasteiger partial charge in [0, 0.05) is 6.54 Å². The first kappa shape index (κ1) is 13.0. The molecule has 0 radical (unpaired) electrons. The molecule has 1 heterocycles. The van der Waals surface area contributed by atoms with Crippen molar-refractivity contribution >= 4 is 17.4 Å². The molecule has 5 heteroatoms. The lowest BCUT2D eigenvalue weighted by Crippen LogP contribution is -2.15. The molecule has 0 aliphatic rings. The van der Waals surface area contributed by atoms with E-state index in [1.807, 2.05) is 13.8 Å². The highest BCUT2D eigenvalue weighted by Crippen LogP contribution is 2.20. The van der Waals surface area contributed by atoms with Gasteiger partial charge in [0.1, 0.15) is 12.1 Å². The van der Waals surface area contributed by atoms with Crippen LogP contribution in [0, 0.1) is 6.92 Å². The largest absolute Gasteiger partial charge is 0.478 e. The number of hydrogen-bond donors (Lipinski definition) is 1. The van der Waals surface area contributed by atoms with Crippen molar-refractivity contribution in [3.05, 3.63) is 11.9 Å². The topological polar surface area (TPSA) is 47.0 Å². The molecule has 0 amide bonds. The van der Waals surface area contributed by atoms with Crippen LogP contribution >= 0.6 is 11.6 Å². The van der Waals surface area contributed by atoms with Gasteiger partial charge in [0.05, 0.1) is 17.5 Å². The number of alkyl halides is 1. The van der Waals surface area contributed by atoms with E-state index in [0.29, 0.717) is 19.0 Å². The van der Waals surface area contributed by atoms with Gasteiger partial charge in [0.2, 0.25) is 5.88 Å². The van der Waals surface area contributed by atoms with Gasteiger partial charge in [0.25, 0.3) is 0 Å². The molecule has 1 aromatic heterocycles. The maximum absolute atomic E-state index is 6.03. The summed E-state index contributed by atoms with van der Waals surface area (Å²) in [4.78, 5) is 8.24. The molecule has 1 atom stereocenters. The molecule has 16 heavy (non-hydrogen) atoms. The standard InChI is InChI=1S/C11H18ClN3O/c1-4-9(12)6-13-10-8(3)11(16-5-2)15-7-14-10/h7,9H,4-6H2,1-3H3,(H,13,14,15). The minimum absolute atomic E-state index is 0.116. The predicted molar refractivity (Wildman–Crippen MR) is 66.4 cm³/mol. The van der Waals surface area contributed by atoms with Crippen molar-refractivity contribution in [2.24, 2.45) is 0 Å². The van der Waals surface area contributed by atoms with Gasteiger partial charge >= 0.3 is 0 Å². The summed E-state index contributed by atoms with van der Waals surface area (Å²) in [6, 6.07) is 0. The number of halogens is 1. The minimum Gasteiger partial charge on any atom is -0.478 e. The van der Waals surface area contributed by atoms with Gasteiger partial charge in [-0.15, -0.1) is 11.6 Å². The molecular formula is C11H18ClN3O. The molecular weight excluding hydrogens is 226 g/mol. The number of rotatable bonds is 6. The number of ether oxygens (including phenoxy) is 1. The van der Waals surface area contributed by atoms with Crippen LogP contribution in [0.4, 0.5) is 5.82 Å². The van der Waals surface area contributed by atoms with Crippen LogP contribution in [0.5, 0.6) is 5.88 Å². The molecule has 0 fully saturated rings. The summed E-state index contributed by atoms with van der Waals surface area (Å²) in [5.74, 6) is 1.42. The molecule has 0 spiro atoms. The second-order valence-electron chi connectivity index (χ2n) is 3.47. The van der Waals surface area contributed by atoms with Crippen LogP contribution in [-0.4, -0.2) is 28.5 Å². The van der Waals surface area contributed by atoms with E-state index in [1.165, 1.54) is 6.33 Å². The first-order valence-corrected chi connectivity index (χ1v) is 5.95. The zero-order valence-electron chi connectivity index (χ0n) is 9.96. The highest BCUT2D eigenvalue weighted by atomic mass is 35.5. The van der Waals surface area contributed by atoms with Crippen LogP contribution in [0.15, 0.2) is 6.33 Å². The van der Waals surface area contributed by atoms with E-state index in [-0.39, 0.29) is 5.38 Å². The van der Waals surface area contributed by atoms with Gasteiger partial charge in [-0.2, -0.15) is 0 Å². The molecule has 1 aromatic rings. The molecule has 1 N–H and O–H groups in total. The summed E-state index contributed by atoms with van der Waals surface area (Å²) >= 11 is 6.03. The quantitative estimate of drug-likeness (QED) is 0.781. The SMILES string of the molecule is CCOc1ncnc(NCC(Cl)CC)c1C. The minimum atomic E-state index is 0.116. The lowest BCUT2D eigenvalue weighted by Gasteiger charge is -2.12. The summed E-state index contributed by atoms with van der Waals surface area (Å²) < 4.78 is 5.39. The van der Waals surface area contributed by atoms with Crippen molar-refractivity contribution in [2.75, 3.05) is 18.5 Å². The zero-order chi connectivity index (χ0) is 12.0. The smallest absolute Gasteiger partial charge is 0.221 e. The molecule has 0 aromatic carbocycles. The Kier molecular flexibility index (Phi) is 5.32. The normalized spacial score (nSPS) is 12.2. The van der Waals surface area contributed by atoms with E-state index in [9.17, 15) is 0 Å². The van der Waals surface area contributed by atoms with Gasteiger partial charge in [-0.05, 0) is 20.3 Å². The van der Waals surface area contributed by atoms with Gasteiger partial charge in [0.15, 0.2) is 0 Å². The van der Waals surface area contributed by atoms with Crippen LogP contribution < -0.4 is 10.1 Å². The summed E-state index contributed by atoms with van der Waals surface area (Å²) in [7, 11) is 0. The molecule has 0 aliphatic carbocycles. The van der Waals surface area contributed by atoms with Gasteiger partial charge < -0.3 is 10.1 Å². The molecule has 0 aliphatic heterocycles. The molecule has 1 unspecified atom stereocenters. The Hall–Kier alpha value is -1.03. The molecule has 90 valence electrons.